The number of hydrogen-bond acceptors (Lipinski definition) is 3. The number of para-hydroxylation sites is 1. The Hall–Kier alpha value is -1.88. The maximum absolute atomic E-state index is 12.4. The number of anilines is 1. The Morgan fingerprint density at radius 2 is 1.65 bits per heavy atom. The van der Waals surface area contributed by atoms with Crippen LogP contribution in [-0.4, -0.2) is 54.3 Å². The predicted molar refractivity (Wildman–Crippen MR) is 90.0 cm³/mol. The van der Waals surface area contributed by atoms with E-state index in [1.807, 2.05) is 35.2 Å². The molecule has 1 aromatic carbocycles. The van der Waals surface area contributed by atoms with Crippen LogP contribution in [0.5, 0.6) is 0 Å². The van der Waals surface area contributed by atoms with Gasteiger partial charge in [0.25, 0.3) is 0 Å². The van der Waals surface area contributed by atoms with Crippen molar-refractivity contribution in [1.29, 1.82) is 0 Å². The summed E-state index contributed by atoms with van der Waals surface area (Å²) in [6.45, 7) is 3.43. The Bertz CT molecular complexity index is 532. The molecule has 1 heterocycles. The molecule has 0 atom stereocenters. The molecular weight excluding hydrogens is 290 g/mol. The molecule has 2 fully saturated rings. The Morgan fingerprint density at radius 3 is 2.30 bits per heavy atom. The molecule has 1 saturated heterocycles. The van der Waals surface area contributed by atoms with Gasteiger partial charge in [-0.3, -0.25) is 14.5 Å². The molecule has 5 heteroatoms. The number of nitrogens with zero attached hydrogens (tertiary/aromatic N) is 2. The van der Waals surface area contributed by atoms with Gasteiger partial charge >= 0.3 is 0 Å². The molecule has 5 nitrogen and oxygen atoms in total. The van der Waals surface area contributed by atoms with Crippen LogP contribution in [0.3, 0.4) is 0 Å². The first kappa shape index (κ1) is 16.0. The highest BCUT2D eigenvalue weighted by Gasteiger charge is 2.29. The quantitative estimate of drug-likeness (QED) is 0.924. The van der Waals surface area contributed by atoms with Crippen molar-refractivity contribution >= 4 is 17.5 Å². The summed E-state index contributed by atoms with van der Waals surface area (Å²) in [4.78, 5) is 28.6. The zero-order valence-corrected chi connectivity index (χ0v) is 13.5. The second-order valence-electron chi connectivity index (χ2n) is 6.50. The van der Waals surface area contributed by atoms with Gasteiger partial charge in [-0.15, -0.1) is 0 Å². The summed E-state index contributed by atoms with van der Waals surface area (Å²) in [7, 11) is 0. The first-order chi connectivity index (χ1) is 11.2. The number of benzene rings is 1. The second kappa shape index (κ2) is 7.59. The van der Waals surface area contributed by atoms with E-state index in [0.717, 1.165) is 44.7 Å². The van der Waals surface area contributed by atoms with Crippen LogP contribution in [0.4, 0.5) is 5.69 Å². The Kier molecular flexibility index (Phi) is 5.28. The highest BCUT2D eigenvalue weighted by Crippen LogP contribution is 2.26. The summed E-state index contributed by atoms with van der Waals surface area (Å²) in [6.07, 6.45) is 4.49. The van der Waals surface area contributed by atoms with Crippen molar-refractivity contribution in [3.63, 3.8) is 0 Å². The molecule has 0 spiro atoms. The zero-order valence-electron chi connectivity index (χ0n) is 13.5. The first-order valence-corrected chi connectivity index (χ1v) is 8.58. The van der Waals surface area contributed by atoms with Gasteiger partial charge in [-0.1, -0.05) is 31.0 Å². The van der Waals surface area contributed by atoms with Gasteiger partial charge in [0, 0.05) is 37.8 Å². The largest absolute Gasteiger partial charge is 0.340 e. The van der Waals surface area contributed by atoms with Crippen molar-refractivity contribution in [2.45, 2.75) is 25.7 Å². The topological polar surface area (TPSA) is 52.7 Å². The summed E-state index contributed by atoms with van der Waals surface area (Å²) in [5.74, 6) is 0.589. The molecule has 23 heavy (non-hydrogen) atoms. The van der Waals surface area contributed by atoms with E-state index < -0.39 is 0 Å². The van der Waals surface area contributed by atoms with Crippen LogP contribution in [0, 0.1) is 5.92 Å². The van der Waals surface area contributed by atoms with Gasteiger partial charge in [0.05, 0.1) is 6.54 Å². The summed E-state index contributed by atoms with van der Waals surface area (Å²) < 4.78 is 0. The fraction of sp³-hybridized carbons (Fsp3) is 0.556. The first-order valence-electron chi connectivity index (χ1n) is 8.58. The number of piperazine rings is 1. The fourth-order valence-corrected chi connectivity index (χ4v) is 3.48. The smallest absolute Gasteiger partial charge is 0.238 e. The molecule has 1 N–H and O–H groups in total. The molecule has 1 saturated carbocycles. The number of amides is 2. The van der Waals surface area contributed by atoms with E-state index in [1.165, 1.54) is 12.8 Å². The maximum atomic E-state index is 12.4. The maximum Gasteiger partial charge on any atom is 0.238 e. The van der Waals surface area contributed by atoms with Gasteiger partial charge in [0.2, 0.25) is 11.8 Å². The minimum atomic E-state index is 0.00627. The molecule has 0 radical (unpaired) electrons. The van der Waals surface area contributed by atoms with Gasteiger partial charge < -0.3 is 10.2 Å². The third-order valence-corrected chi connectivity index (χ3v) is 4.81. The molecule has 124 valence electrons. The van der Waals surface area contributed by atoms with E-state index >= 15 is 0 Å². The van der Waals surface area contributed by atoms with Crippen molar-refractivity contribution in [1.82, 2.24) is 9.80 Å². The van der Waals surface area contributed by atoms with Crippen LogP contribution in [0.25, 0.3) is 0 Å². The molecule has 1 aliphatic heterocycles. The molecule has 2 amide bonds. The predicted octanol–water partition coefficient (Wildman–Crippen LogP) is 1.96. The van der Waals surface area contributed by atoms with Gasteiger partial charge in [0.1, 0.15) is 0 Å². The van der Waals surface area contributed by atoms with Crippen molar-refractivity contribution in [2.24, 2.45) is 5.92 Å². The summed E-state index contributed by atoms with van der Waals surface area (Å²) in [5.41, 5.74) is 0.826. The lowest BCUT2D eigenvalue weighted by molar-refractivity contribution is -0.137. The number of carbonyl (C=O) groups is 2. The minimum Gasteiger partial charge on any atom is -0.340 e. The third-order valence-electron chi connectivity index (χ3n) is 4.81. The van der Waals surface area contributed by atoms with Crippen LogP contribution < -0.4 is 5.32 Å². The van der Waals surface area contributed by atoms with Crippen LogP contribution in [0.1, 0.15) is 25.7 Å². The average molecular weight is 315 g/mol. The van der Waals surface area contributed by atoms with Crippen LogP contribution in [-0.2, 0) is 9.59 Å². The SMILES string of the molecule is O=C(CN1CCN(C(=O)C2CCCC2)CC1)Nc1ccccc1. The molecule has 1 aromatic rings. The summed E-state index contributed by atoms with van der Waals surface area (Å²) >= 11 is 0. The van der Waals surface area contributed by atoms with Crippen LogP contribution >= 0.6 is 0 Å². The van der Waals surface area contributed by atoms with Gasteiger partial charge in [0.15, 0.2) is 0 Å². The van der Waals surface area contributed by atoms with Crippen molar-refractivity contribution < 1.29 is 9.59 Å². The Morgan fingerprint density at radius 1 is 1.00 bits per heavy atom. The highest BCUT2D eigenvalue weighted by molar-refractivity contribution is 5.92. The van der Waals surface area contributed by atoms with E-state index in [9.17, 15) is 9.59 Å². The number of rotatable bonds is 4. The van der Waals surface area contributed by atoms with Gasteiger partial charge in [-0.25, -0.2) is 0 Å². The normalized spacial score (nSPS) is 19.7. The van der Waals surface area contributed by atoms with Crippen molar-refractivity contribution in [2.75, 3.05) is 38.0 Å². The lowest BCUT2D eigenvalue weighted by Crippen LogP contribution is -2.51. The van der Waals surface area contributed by atoms with Crippen molar-refractivity contribution in [3.05, 3.63) is 30.3 Å². The standard InChI is InChI=1S/C18H25N3O2/c22-17(19-16-8-2-1-3-9-16)14-20-10-12-21(13-11-20)18(23)15-6-4-5-7-15/h1-3,8-9,15H,4-7,10-14H2,(H,19,22). The second-order valence-corrected chi connectivity index (χ2v) is 6.50. The van der Waals surface area contributed by atoms with E-state index in [4.69, 9.17) is 0 Å². The van der Waals surface area contributed by atoms with Crippen LogP contribution in [0.15, 0.2) is 30.3 Å². The Labute approximate surface area is 137 Å². The van der Waals surface area contributed by atoms with Crippen molar-refractivity contribution in [3.8, 4) is 0 Å². The summed E-state index contributed by atoms with van der Waals surface area (Å²) in [6, 6.07) is 9.51. The number of carbonyl (C=O) groups excluding carboxylic acids is 2. The fourth-order valence-electron chi connectivity index (χ4n) is 3.48. The monoisotopic (exact) mass is 315 g/mol. The van der Waals surface area contributed by atoms with E-state index in [1.54, 1.807) is 0 Å². The Balaban J connectivity index is 1.42. The molecular formula is C18H25N3O2. The number of hydrogen-bond donors (Lipinski definition) is 1. The van der Waals surface area contributed by atoms with Gasteiger partial charge in [-0.05, 0) is 25.0 Å². The molecule has 3 rings (SSSR count). The number of nitrogens with one attached hydrogen (secondary N) is 1. The van der Waals surface area contributed by atoms with Gasteiger partial charge in [-0.2, -0.15) is 0 Å². The molecule has 0 bridgehead atoms. The third kappa shape index (κ3) is 4.32. The van der Waals surface area contributed by atoms with E-state index in [0.29, 0.717) is 12.5 Å². The average Bonchev–Trinajstić information content (AvgIpc) is 3.10. The summed E-state index contributed by atoms with van der Waals surface area (Å²) in [5, 5.41) is 2.91. The van der Waals surface area contributed by atoms with E-state index in [2.05, 4.69) is 10.2 Å². The van der Waals surface area contributed by atoms with E-state index in [-0.39, 0.29) is 11.8 Å². The molecule has 1 aliphatic carbocycles. The molecule has 2 aliphatic rings. The lowest BCUT2D eigenvalue weighted by atomic mass is 10.1. The minimum absolute atomic E-state index is 0.00627. The zero-order chi connectivity index (χ0) is 16.1. The van der Waals surface area contributed by atoms with Crippen LogP contribution in [0.2, 0.25) is 0 Å². The lowest BCUT2D eigenvalue weighted by Gasteiger charge is -2.35. The highest BCUT2D eigenvalue weighted by atomic mass is 16.2. The molecule has 0 aromatic heterocycles. The molecule has 0 unspecified atom stereocenters.